The number of carboxylic acid groups (broad SMARTS) is 1. The van der Waals surface area contributed by atoms with Gasteiger partial charge in [-0.2, -0.15) is 0 Å². The van der Waals surface area contributed by atoms with Gasteiger partial charge in [0.2, 0.25) is 6.29 Å². The SMILES string of the molecule is CC[C@@H]1O[C@@H](O[C@@H](C[C@H](O)CC(=O)O[C@@H](C[C@H](O)CC(=O)O[C@@H]2C(C)O[C@@H](OC(=O)[C@]34CCC(C)(C)CC3C3=CCC5[C@@]6(C)CC[C@H](O[C@@H]7OC(C(=O)O)[C@H](O)[C@H](O[C@@H]8OC(CO)[C@@H](O)[C@H](O)C8O)C7O[C@@H]7OC(CO)[C@H](O)[C@H](O)C7O)[C@@](C)(C=O)C6CC[C@@]5(C)[C@]3(C)C[C@H]4O)[C@H](O[C@@H]3OC(C)[C@H](OC4OCC(O)[C@H](O[C@@H]5OC[C@](O)(CO)C5O)[C@@H]4O)[C@H](O)C3O)C2O)[C@@H](C)CC)[C@@H](C)CC)C(O)C1O. The van der Waals surface area contributed by atoms with E-state index in [1.54, 1.807) is 27.7 Å². The highest BCUT2D eigenvalue weighted by Crippen LogP contribution is 2.76. The van der Waals surface area contributed by atoms with E-state index in [2.05, 4.69) is 19.9 Å². The van der Waals surface area contributed by atoms with E-state index in [0.29, 0.717) is 44.9 Å². The van der Waals surface area contributed by atoms with Crippen LogP contribution in [-0.2, 0) is 109 Å². The number of ether oxygens (including phenoxy) is 18. The molecule has 12 fully saturated rings. The molecule has 8 saturated heterocycles. The molecule has 13 aliphatic rings. The van der Waals surface area contributed by atoms with Gasteiger partial charge in [-0.3, -0.25) is 14.4 Å². The van der Waals surface area contributed by atoms with Gasteiger partial charge in [-0.05, 0) is 129 Å². The fourth-order valence-electron chi connectivity index (χ4n) is 24.6. The van der Waals surface area contributed by atoms with Crippen molar-refractivity contribution in [3.8, 4) is 0 Å². The van der Waals surface area contributed by atoms with Crippen LogP contribution in [0, 0.1) is 62.1 Å². The van der Waals surface area contributed by atoms with Crippen LogP contribution in [0.1, 0.15) is 193 Å². The van der Waals surface area contributed by atoms with Gasteiger partial charge < -0.3 is 208 Å². The predicted octanol–water partition coefficient (Wildman–Crippen LogP) is -4.91. The van der Waals surface area contributed by atoms with Crippen molar-refractivity contribution in [3.05, 3.63) is 11.6 Å². The van der Waals surface area contributed by atoms with Crippen LogP contribution in [-0.4, -0.2) is 438 Å². The van der Waals surface area contributed by atoms with Crippen molar-refractivity contribution in [1.29, 1.82) is 0 Å². The number of allylic oxidation sites excluding steroid dienone is 2. The smallest absolute Gasteiger partial charge is 0.335 e. The number of hydrogen-bond acceptors (Lipinski definition) is 45. The van der Waals surface area contributed by atoms with E-state index in [4.69, 9.17) is 85.3 Å². The monoisotopic (exact) mass is 2020 g/mol. The molecule has 52 atom stereocenters. The summed E-state index contributed by atoms with van der Waals surface area (Å²) < 4.78 is 109. The number of carbonyl (C=O) groups excluding carboxylic acids is 4. The lowest BCUT2D eigenvalue weighted by Crippen LogP contribution is -2.69. The van der Waals surface area contributed by atoms with Gasteiger partial charge in [-0.15, -0.1) is 0 Å². The van der Waals surface area contributed by atoms with Crippen LogP contribution in [0.15, 0.2) is 11.6 Å². The summed E-state index contributed by atoms with van der Waals surface area (Å²) in [4.78, 5) is 72.3. The van der Waals surface area contributed by atoms with Crippen LogP contribution >= 0.6 is 0 Å². The van der Waals surface area contributed by atoms with E-state index < -0.39 is 377 Å². The van der Waals surface area contributed by atoms with Crippen molar-refractivity contribution in [2.24, 2.45) is 62.1 Å². The third kappa shape index (κ3) is 21.7. The molecule has 46 heteroatoms. The largest absolute Gasteiger partial charge is 0.479 e. The Kier molecular flexibility index (Phi) is 36.2. The molecule has 0 aromatic carbocycles. The molecule has 5 aliphatic carbocycles. The van der Waals surface area contributed by atoms with Gasteiger partial charge in [-0.1, -0.05) is 101 Å². The maximum atomic E-state index is 16.4. The Morgan fingerprint density at radius 3 is 1.64 bits per heavy atom. The van der Waals surface area contributed by atoms with Crippen LogP contribution in [0.3, 0.4) is 0 Å². The van der Waals surface area contributed by atoms with Crippen molar-refractivity contribution >= 4 is 30.2 Å². The Morgan fingerprint density at radius 2 is 1.05 bits per heavy atom. The molecule has 8 aliphatic heterocycles. The molecule has 13 rings (SSSR count). The summed E-state index contributed by atoms with van der Waals surface area (Å²) in [6.45, 7) is 19.7. The number of aldehydes is 1. The zero-order valence-corrected chi connectivity index (χ0v) is 81.2. The summed E-state index contributed by atoms with van der Waals surface area (Å²) in [7, 11) is 0. The van der Waals surface area contributed by atoms with Crippen LogP contribution in [0.25, 0.3) is 0 Å². The van der Waals surface area contributed by atoms with Gasteiger partial charge in [0.25, 0.3) is 0 Å². The molecule has 0 aromatic heterocycles. The van der Waals surface area contributed by atoms with Crippen LogP contribution in [0.2, 0.25) is 0 Å². The van der Waals surface area contributed by atoms with E-state index >= 15 is 4.79 Å². The summed E-state index contributed by atoms with van der Waals surface area (Å²) in [5.74, 6) is -7.22. The molecule has 0 aromatic rings. The van der Waals surface area contributed by atoms with Crippen LogP contribution in [0.4, 0.5) is 0 Å². The Bertz CT molecular complexity index is 4150. The van der Waals surface area contributed by atoms with Crippen molar-refractivity contribution in [3.63, 3.8) is 0 Å². The predicted molar refractivity (Wildman–Crippen MR) is 467 cm³/mol. The highest BCUT2D eigenvalue weighted by molar-refractivity contribution is 5.80. The van der Waals surface area contributed by atoms with Gasteiger partial charge in [-0.25, -0.2) is 4.79 Å². The second kappa shape index (κ2) is 44.9. The van der Waals surface area contributed by atoms with Crippen LogP contribution in [0.5, 0.6) is 0 Å². The minimum atomic E-state index is -2.33. The van der Waals surface area contributed by atoms with E-state index in [-0.39, 0.29) is 56.8 Å². The number of fused-ring (bicyclic) bond motifs is 7. The maximum absolute atomic E-state index is 16.4. The number of carboxylic acids is 1. The summed E-state index contributed by atoms with van der Waals surface area (Å²) in [5, 5.41) is 258. The van der Waals surface area contributed by atoms with Crippen molar-refractivity contribution in [2.75, 3.05) is 33.0 Å². The van der Waals surface area contributed by atoms with Gasteiger partial charge in [0.05, 0.1) is 100 Å². The normalized spacial score (nSPS) is 48.8. The molecule has 46 nitrogen and oxygen atoms in total. The average Bonchev–Trinajstić information content (AvgIpc) is 0.738. The van der Waals surface area contributed by atoms with Crippen molar-refractivity contribution < 1.29 is 227 Å². The quantitative estimate of drug-likeness (QED) is 0.00919. The molecular weight excluding hydrogens is 1860 g/mol. The zero-order valence-electron chi connectivity index (χ0n) is 81.2. The van der Waals surface area contributed by atoms with Gasteiger partial charge in [0.15, 0.2) is 62.3 Å². The molecule has 0 bridgehead atoms. The Labute approximate surface area is 810 Å². The van der Waals surface area contributed by atoms with E-state index in [0.717, 1.165) is 11.9 Å². The second-order valence-corrected chi connectivity index (χ2v) is 43.3. The molecule has 804 valence electrons. The summed E-state index contributed by atoms with van der Waals surface area (Å²) in [5.41, 5.74) is -7.79. The lowest BCUT2D eigenvalue weighted by Gasteiger charge is -2.71. The molecule has 0 radical (unpaired) electrons. The lowest BCUT2D eigenvalue weighted by molar-refractivity contribution is -0.395. The van der Waals surface area contributed by atoms with Crippen LogP contribution < -0.4 is 0 Å². The van der Waals surface area contributed by atoms with Crippen molar-refractivity contribution in [2.45, 2.75) is 450 Å². The number of aliphatic carboxylic acids is 1. The first kappa shape index (κ1) is 113. The minimum Gasteiger partial charge on any atom is -0.479 e. The first-order valence-corrected chi connectivity index (χ1v) is 49.3. The highest BCUT2D eigenvalue weighted by atomic mass is 16.8. The molecule has 4 saturated carbocycles. The number of rotatable bonds is 36. The minimum absolute atomic E-state index is 0.00887. The molecule has 140 heavy (non-hydrogen) atoms. The van der Waals surface area contributed by atoms with E-state index in [1.165, 1.54) is 13.8 Å². The Balaban J connectivity index is 0.751. The standard InChI is InChI=1S/C94H152O46/c1-14-37(4)47(127-55(103)27-42(100)26-48(38(5)15-2)129-81-63(111)57(105)46(16-3)128-81)25-41(99)28-56(104)133-71-40(7)126-84(75(67(71)115)138-80-66(114)62(110)70(39(6)125-80)134-79-69(117)72(45(101)33-123-79)135-86-77(118)93(122,35-98)36-124-86)140-87(121)94-24-23-88(8,9)29-44(94)43-17-18-52-89(10)21-20-54(90(11,34-97)51(89)19-22-91(52,12)92(43,13)30-53(94)102)132-85-76(139-83-65(113)61(109)59(107)50(32-96)131-83)73(68(116)74(137-85)78(119)120)136-82-64(112)60(108)58(106)49(31-95)130-82/h17,34,37-42,44-54,57-77,79-86,95-96,98-102,105-118,122H,14-16,18-33,35-36H2,1-13H3,(H,119,120)/t37-,38-,39?,40?,41-,42-,44?,45?,46-,47-,48-,49?,50?,51?,52?,53+,54-,57?,58+,59-,60-,61-,62+,63?,64?,65?,66?,67?,68+,69-,70-,71+,72-,73-,74?,75+,76?,77?,79?,80-,81-,82-,83-,84-,85+,86-,89-,90-,91+,92+,93+,94+/m0/s1. The second-order valence-electron chi connectivity index (χ2n) is 43.3. The molecular formula is C94H152O46. The molecule has 23 N–H and O–H groups in total. The lowest BCUT2D eigenvalue weighted by atomic mass is 9.33. The Morgan fingerprint density at radius 1 is 0.507 bits per heavy atom. The first-order chi connectivity index (χ1) is 65.7. The summed E-state index contributed by atoms with van der Waals surface area (Å²) >= 11 is 0. The average molecular weight is 2020 g/mol. The van der Waals surface area contributed by atoms with E-state index in [9.17, 15) is 137 Å². The third-order valence-corrected chi connectivity index (χ3v) is 33.9. The number of hydrogen-bond donors (Lipinski definition) is 23. The third-order valence-electron chi connectivity index (χ3n) is 33.9. The van der Waals surface area contributed by atoms with Gasteiger partial charge in [0, 0.05) is 12.8 Å². The Hall–Kier alpha value is -4.19. The molecule has 18 unspecified atom stereocenters. The highest BCUT2D eigenvalue weighted by Gasteiger charge is 2.74. The van der Waals surface area contributed by atoms with Crippen molar-refractivity contribution in [1.82, 2.24) is 0 Å². The first-order valence-electron chi connectivity index (χ1n) is 49.3. The van der Waals surface area contributed by atoms with Gasteiger partial charge in [0.1, 0.15) is 152 Å². The summed E-state index contributed by atoms with van der Waals surface area (Å²) in [6, 6.07) is 0. The maximum Gasteiger partial charge on any atom is 0.335 e. The molecule has 0 spiro atoms. The molecule has 0 amide bonds. The summed E-state index contributed by atoms with van der Waals surface area (Å²) in [6.07, 6.45) is -67.8. The molecule has 8 heterocycles. The van der Waals surface area contributed by atoms with E-state index in [1.807, 2.05) is 34.6 Å². The number of esters is 3. The number of carbonyl (C=O) groups is 5. The number of aliphatic hydroxyl groups is 22. The van der Waals surface area contributed by atoms with Gasteiger partial charge >= 0.3 is 23.9 Å². The zero-order chi connectivity index (χ0) is 103. The number of aliphatic hydroxyl groups excluding tert-OH is 21. The fraction of sp³-hybridized carbons (Fsp3) is 0.926. The fourth-order valence-corrected chi connectivity index (χ4v) is 24.6. The topological polar surface area (TPSA) is 717 Å².